The Labute approximate surface area is 251 Å². The highest BCUT2D eigenvalue weighted by Gasteiger charge is 2.24. The second-order valence-corrected chi connectivity index (χ2v) is 10.3. The van der Waals surface area contributed by atoms with Crippen LogP contribution < -0.4 is 18.9 Å². The van der Waals surface area contributed by atoms with E-state index in [1.165, 1.54) is 0 Å². The molecule has 3 rings (SSSR count). The quantitative estimate of drug-likeness (QED) is 0.106. The van der Waals surface area contributed by atoms with Crippen LogP contribution in [0.25, 0.3) is 11.1 Å². The van der Waals surface area contributed by atoms with E-state index in [2.05, 4.69) is 13.2 Å². The molecular weight excluding hydrogens is 552 g/mol. The number of hydrogen-bond acceptors (Lipinski definition) is 9. The zero-order valence-corrected chi connectivity index (χ0v) is 25.0. The number of esters is 2. The predicted molar refractivity (Wildman–Crippen MR) is 162 cm³/mol. The van der Waals surface area contributed by atoms with E-state index in [1.54, 1.807) is 50.2 Å². The number of aliphatic hydroxyl groups excluding tert-OH is 2. The maximum atomic E-state index is 12.0. The van der Waals surface area contributed by atoms with Crippen LogP contribution in [-0.4, -0.2) is 54.2 Å². The van der Waals surface area contributed by atoms with Crippen LogP contribution >= 0.6 is 0 Å². The molecule has 0 unspecified atom stereocenters. The molecule has 0 saturated carbocycles. The van der Waals surface area contributed by atoms with E-state index in [4.69, 9.17) is 23.7 Å². The Bertz CT molecular complexity index is 1430. The van der Waals surface area contributed by atoms with Gasteiger partial charge in [-0.2, -0.15) is 0 Å². The van der Waals surface area contributed by atoms with E-state index in [0.717, 1.165) is 34.1 Å². The number of rotatable bonds is 15. The number of ether oxygens (including phenoxy) is 5. The van der Waals surface area contributed by atoms with Gasteiger partial charge in [0.15, 0.2) is 0 Å². The molecule has 0 fully saturated rings. The van der Waals surface area contributed by atoms with Crippen molar-refractivity contribution in [1.29, 1.82) is 0 Å². The van der Waals surface area contributed by atoms with Crippen molar-refractivity contribution in [2.24, 2.45) is 0 Å². The summed E-state index contributed by atoms with van der Waals surface area (Å²) in [5.41, 5.74) is 3.28. The minimum absolute atomic E-state index is 0.0111. The highest BCUT2D eigenvalue weighted by molar-refractivity contribution is 5.88. The van der Waals surface area contributed by atoms with Crippen molar-refractivity contribution in [3.05, 3.63) is 96.1 Å². The van der Waals surface area contributed by atoms with E-state index in [9.17, 15) is 19.8 Å². The topological polar surface area (TPSA) is 121 Å². The van der Waals surface area contributed by atoms with Crippen LogP contribution in [0.3, 0.4) is 0 Å². The third-order valence-electron chi connectivity index (χ3n) is 6.46. The highest BCUT2D eigenvalue weighted by Crippen LogP contribution is 2.34. The number of carbonyl (C=O) groups excluding carboxylic acids is 2. The second kappa shape index (κ2) is 15.2. The predicted octanol–water partition coefficient (Wildman–Crippen LogP) is 5.26. The molecule has 0 spiro atoms. The fourth-order valence-electron chi connectivity index (χ4n) is 3.94. The van der Waals surface area contributed by atoms with Crippen LogP contribution in [0.4, 0.5) is 0 Å². The van der Waals surface area contributed by atoms with Gasteiger partial charge >= 0.3 is 11.9 Å². The highest BCUT2D eigenvalue weighted by atomic mass is 16.5. The Kier molecular flexibility index (Phi) is 11.7. The first-order valence-corrected chi connectivity index (χ1v) is 13.7. The Hall–Kier alpha value is -4.44. The van der Waals surface area contributed by atoms with Gasteiger partial charge in [0.25, 0.3) is 0 Å². The molecule has 0 heterocycles. The van der Waals surface area contributed by atoms with Crippen molar-refractivity contribution in [3.8, 4) is 34.1 Å². The molecule has 43 heavy (non-hydrogen) atoms. The Morgan fingerprint density at radius 1 is 0.860 bits per heavy atom. The first-order chi connectivity index (χ1) is 20.5. The van der Waals surface area contributed by atoms with Crippen molar-refractivity contribution in [3.63, 3.8) is 0 Å². The molecule has 3 aromatic rings. The zero-order chi connectivity index (χ0) is 31.6. The monoisotopic (exact) mass is 590 g/mol. The van der Waals surface area contributed by atoms with Crippen molar-refractivity contribution >= 4 is 11.9 Å². The number of hydrogen-bond donors (Lipinski definition) is 2. The molecule has 228 valence electrons. The van der Waals surface area contributed by atoms with Crippen LogP contribution in [0.1, 0.15) is 30.5 Å². The lowest BCUT2D eigenvalue weighted by molar-refractivity contribution is -0.130. The summed E-state index contributed by atoms with van der Waals surface area (Å²) >= 11 is 0. The Balaban J connectivity index is 1.68. The van der Waals surface area contributed by atoms with Crippen molar-refractivity contribution in [2.45, 2.75) is 39.9 Å². The lowest BCUT2D eigenvalue weighted by Gasteiger charge is -2.25. The third-order valence-corrected chi connectivity index (χ3v) is 6.46. The van der Waals surface area contributed by atoms with E-state index in [-0.39, 0.29) is 25.6 Å². The van der Waals surface area contributed by atoms with Gasteiger partial charge in [-0.1, -0.05) is 25.3 Å². The summed E-state index contributed by atoms with van der Waals surface area (Å²) in [6.45, 7) is 14.0. The van der Waals surface area contributed by atoms with Gasteiger partial charge < -0.3 is 33.9 Å². The van der Waals surface area contributed by atoms with Crippen molar-refractivity contribution < 1.29 is 43.5 Å². The van der Waals surface area contributed by atoms with E-state index < -0.39 is 17.5 Å². The lowest BCUT2D eigenvalue weighted by atomic mass is 9.98. The summed E-state index contributed by atoms with van der Waals surface area (Å²) in [7, 11) is 0. The molecule has 9 heteroatoms. The van der Waals surface area contributed by atoms with Crippen LogP contribution in [-0.2, 0) is 20.9 Å². The molecule has 0 bridgehead atoms. The molecule has 0 aliphatic rings. The van der Waals surface area contributed by atoms with E-state index >= 15 is 0 Å². The molecule has 0 aliphatic carbocycles. The van der Waals surface area contributed by atoms with Crippen LogP contribution in [0.5, 0.6) is 23.0 Å². The van der Waals surface area contributed by atoms with Crippen molar-refractivity contribution in [1.82, 2.24) is 0 Å². The molecule has 9 nitrogen and oxygen atoms in total. The maximum Gasteiger partial charge on any atom is 0.338 e. The van der Waals surface area contributed by atoms with Gasteiger partial charge in [0.2, 0.25) is 0 Å². The first kappa shape index (κ1) is 33.1. The van der Waals surface area contributed by atoms with Crippen LogP contribution in [0.2, 0.25) is 0 Å². The molecule has 0 atom stereocenters. The normalized spacial score (nSPS) is 11.0. The van der Waals surface area contributed by atoms with Gasteiger partial charge in [-0.15, -0.1) is 0 Å². The maximum absolute atomic E-state index is 12.0. The number of benzene rings is 3. The minimum atomic E-state index is -1.14. The second-order valence-electron chi connectivity index (χ2n) is 10.3. The molecule has 0 saturated heterocycles. The Morgan fingerprint density at radius 2 is 1.47 bits per heavy atom. The summed E-state index contributed by atoms with van der Waals surface area (Å²) < 4.78 is 28.2. The van der Waals surface area contributed by atoms with Gasteiger partial charge in [0, 0.05) is 17.2 Å². The standard InChI is InChI=1S/C34H38O9/c1-7-31(37)43-30-18-25(8-9-26(30)19-41-34(6,20-35)21-36)27-16-23(4)32(24(5)17-27)40-15-14-39-28-10-12-29(13-11-28)42-33(38)22(2)3/h7-13,16-18,35-36H,1-2,14-15,19-21H2,3-6H3. The number of aliphatic hydroxyl groups is 2. The smallest absolute Gasteiger partial charge is 0.338 e. The fraction of sp³-hybridized carbons (Fsp3) is 0.294. The average molecular weight is 591 g/mol. The van der Waals surface area contributed by atoms with E-state index in [0.29, 0.717) is 35.8 Å². The lowest BCUT2D eigenvalue weighted by Crippen LogP contribution is -2.37. The molecule has 0 aliphatic heterocycles. The SMILES string of the molecule is C=CC(=O)Oc1cc(-c2cc(C)c(OCCOc3ccc(OC(=O)C(=C)C)cc3)c(C)c2)ccc1COC(C)(CO)CO. The van der Waals surface area contributed by atoms with Gasteiger partial charge in [0.1, 0.15) is 41.8 Å². The van der Waals surface area contributed by atoms with Crippen LogP contribution in [0, 0.1) is 13.8 Å². The zero-order valence-electron chi connectivity index (χ0n) is 25.0. The molecule has 0 aromatic heterocycles. The Morgan fingerprint density at radius 3 is 2.05 bits per heavy atom. The minimum Gasteiger partial charge on any atom is -0.490 e. The summed E-state index contributed by atoms with van der Waals surface area (Å²) in [4.78, 5) is 23.7. The largest absolute Gasteiger partial charge is 0.490 e. The summed E-state index contributed by atoms with van der Waals surface area (Å²) in [5.74, 6) is 0.944. The first-order valence-electron chi connectivity index (χ1n) is 13.7. The van der Waals surface area contributed by atoms with Crippen LogP contribution in [0.15, 0.2) is 79.4 Å². The number of aryl methyl sites for hydroxylation is 2. The number of carbonyl (C=O) groups is 2. The summed E-state index contributed by atoms with van der Waals surface area (Å²) in [6, 6.07) is 16.1. The average Bonchev–Trinajstić information content (AvgIpc) is 2.99. The molecule has 0 radical (unpaired) electrons. The van der Waals surface area contributed by atoms with Gasteiger partial charge in [-0.05, 0) is 92.4 Å². The fourth-order valence-corrected chi connectivity index (χ4v) is 3.94. The molecule has 2 N–H and O–H groups in total. The van der Waals surface area contributed by atoms with E-state index in [1.807, 2.05) is 32.0 Å². The third kappa shape index (κ3) is 9.27. The summed E-state index contributed by atoms with van der Waals surface area (Å²) in [6.07, 6.45) is 1.07. The van der Waals surface area contributed by atoms with Gasteiger partial charge in [0.05, 0.1) is 19.8 Å². The van der Waals surface area contributed by atoms with Gasteiger partial charge in [-0.25, -0.2) is 9.59 Å². The molecular formula is C34H38O9. The molecule has 0 amide bonds. The van der Waals surface area contributed by atoms with Gasteiger partial charge in [-0.3, -0.25) is 0 Å². The van der Waals surface area contributed by atoms with Crippen molar-refractivity contribution in [2.75, 3.05) is 26.4 Å². The molecule has 3 aromatic carbocycles. The summed E-state index contributed by atoms with van der Waals surface area (Å²) in [5, 5.41) is 19.1.